The minimum Gasteiger partial charge on any atom is -0.354 e. The maximum absolute atomic E-state index is 13.5. The molecule has 1 amide bonds. The highest BCUT2D eigenvalue weighted by Crippen LogP contribution is 2.17. The molecule has 7 nitrogen and oxygen atoms in total. The number of nitrogens with zero attached hydrogens (tertiary/aromatic N) is 3. The monoisotopic (exact) mass is 395 g/mol. The number of halogens is 1. The molecule has 4 aromatic rings. The third-order valence-corrected chi connectivity index (χ3v) is 5.22. The zero-order valence-electron chi connectivity index (χ0n) is 16.3. The summed E-state index contributed by atoms with van der Waals surface area (Å²) in [6.07, 6.45) is 2.74. The number of hydrogen-bond acceptors (Lipinski definition) is 3. The lowest BCUT2D eigenvalue weighted by atomic mass is 10.1. The quantitative estimate of drug-likeness (QED) is 0.526. The summed E-state index contributed by atoms with van der Waals surface area (Å²) < 4.78 is 17.0. The molecule has 0 aliphatic rings. The second kappa shape index (κ2) is 7.54. The Morgan fingerprint density at radius 3 is 2.90 bits per heavy atom. The summed E-state index contributed by atoms with van der Waals surface area (Å²) >= 11 is 0. The van der Waals surface area contributed by atoms with Crippen LogP contribution in [0.25, 0.3) is 16.6 Å². The van der Waals surface area contributed by atoms with Crippen LogP contribution in [-0.2, 0) is 17.8 Å². The Labute approximate surface area is 166 Å². The summed E-state index contributed by atoms with van der Waals surface area (Å²) in [7, 11) is 0. The molecular weight excluding hydrogens is 373 g/mol. The van der Waals surface area contributed by atoms with E-state index in [9.17, 15) is 14.0 Å². The molecule has 0 unspecified atom stereocenters. The molecule has 3 heterocycles. The number of hydrogen-bond donors (Lipinski definition) is 2. The largest absolute Gasteiger partial charge is 0.354 e. The van der Waals surface area contributed by atoms with Crippen LogP contribution in [0, 0.1) is 19.7 Å². The van der Waals surface area contributed by atoms with Crippen LogP contribution in [0.1, 0.15) is 23.4 Å². The normalized spacial score (nSPS) is 11.4. The Morgan fingerprint density at radius 2 is 2.07 bits per heavy atom. The van der Waals surface area contributed by atoms with Crippen LogP contribution in [0.2, 0.25) is 0 Å². The van der Waals surface area contributed by atoms with Crippen molar-refractivity contribution in [1.29, 1.82) is 0 Å². The van der Waals surface area contributed by atoms with Crippen molar-refractivity contribution in [2.45, 2.75) is 33.2 Å². The van der Waals surface area contributed by atoms with Crippen molar-refractivity contribution in [2.24, 2.45) is 0 Å². The maximum atomic E-state index is 13.5. The van der Waals surface area contributed by atoms with E-state index >= 15 is 0 Å². The number of benzene rings is 1. The lowest BCUT2D eigenvalue weighted by Gasteiger charge is -2.12. The summed E-state index contributed by atoms with van der Waals surface area (Å²) in [6, 6.07) is 8.06. The van der Waals surface area contributed by atoms with E-state index in [1.807, 2.05) is 30.7 Å². The van der Waals surface area contributed by atoms with Crippen LogP contribution in [0.4, 0.5) is 4.39 Å². The number of carbonyl (C=O) groups excluding carboxylic acids is 1. The van der Waals surface area contributed by atoms with Crippen molar-refractivity contribution in [3.8, 4) is 0 Å². The summed E-state index contributed by atoms with van der Waals surface area (Å²) in [4.78, 5) is 28.3. The first-order valence-corrected chi connectivity index (χ1v) is 9.51. The van der Waals surface area contributed by atoms with Gasteiger partial charge in [0.2, 0.25) is 5.91 Å². The van der Waals surface area contributed by atoms with Crippen LogP contribution in [-0.4, -0.2) is 31.6 Å². The van der Waals surface area contributed by atoms with Gasteiger partial charge in [-0.3, -0.25) is 14.7 Å². The molecule has 0 atom stereocenters. The predicted molar refractivity (Wildman–Crippen MR) is 109 cm³/mol. The lowest BCUT2D eigenvalue weighted by Crippen LogP contribution is -2.27. The molecule has 3 aromatic heterocycles. The van der Waals surface area contributed by atoms with Crippen LogP contribution >= 0.6 is 0 Å². The molecule has 0 fully saturated rings. The zero-order chi connectivity index (χ0) is 20.5. The van der Waals surface area contributed by atoms with Crippen LogP contribution < -0.4 is 10.9 Å². The van der Waals surface area contributed by atoms with Gasteiger partial charge >= 0.3 is 0 Å². The molecule has 0 saturated carbocycles. The summed E-state index contributed by atoms with van der Waals surface area (Å²) in [5.41, 5.74) is 3.83. The minimum atomic E-state index is -0.276. The number of carbonyl (C=O) groups is 1. The van der Waals surface area contributed by atoms with Crippen LogP contribution in [0.5, 0.6) is 0 Å². The Balaban J connectivity index is 1.36. The van der Waals surface area contributed by atoms with Gasteiger partial charge < -0.3 is 9.88 Å². The van der Waals surface area contributed by atoms with Gasteiger partial charge in [0, 0.05) is 43.2 Å². The summed E-state index contributed by atoms with van der Waals surface area (Å²) in [5.74, 6) is -0.339. The molecular formula is C21H22FN5O2. The molecule has 0 spiro atoms. The van der Waals surface area contributed by atoms with Gasteiger partial charge in [0.15, 0.2) is 5.65 Å². The third kappa shape index (κ3) is 3.78. The van der Waals surface area contributed by atoms with E-state index in [4.69, 9.17) is 0 Å². The Kier molecular flexibility index (Phi) is 4.92. The molecule has 0 radical (unpaired) electrons. The molecule has 0 aliphatic heterocycles. The first-order chi connectivity index (χ1) is 13.9. The highest BCUT2D eigenvalue weighted by molar-refractivity contribution is 5.80. The van der Waals surface area contributed by atoms with E-state index in [1.165, 1.54) is 18.2 Å². The second-order valence-electron chi connectivity index (χ2n) is 7.14. The zero-order valence-corrected chi connectivity index (χ0v) is 16.3. The van der Waals surface area contributed by atoms with E-state index in [1.54, 1.807) is 10.6 Å². The van der Waals surface area contributed by atoms with Crippen LogP contribution in [0.15, 0.2) is 41.3 Å². The average molecular weight is 395 g/mol. The fraction of sp³-hybridized carbons (Fsp3) is 0.286. The van der Waals surface area contributed by atoms with Gasteiger partial charge in [-0.15, -0.1) is 0 Å². The topological polar surface area (TPSA) is 84.2 Å². The lowest BCUT2D eigenvalue weighted by molar-refractivity contribution is -0.121. The van der Waals surface area contributed by atoms with Gasteiger partial charge in [0.25, 0.3) is 5.56 Å². The smallest absolute Gasteiger partial charge is 0.266 e. The van der Waals surface area contributed by atoms with Crippen molar-refractivity contribution in [2.75, 3.05) is 6.54 Å². The molecule has 2 N–H and O–H groups in total. The van der Waals surface area contributed by atoms with E-state index in [0.717, 1.165) is 27.9 Å². The van der Waals surface area contributed by atoms with E-state index in [2.05, 4.69) is 15.4 Å². The Morgan fingerprint density at radius 1 is 1.24 bits per heavy atom. The first-order valence-electron chi connectivity index (χ1n) is 9.51. The number of fused-ring (bicyclic) bond motifs is 2. The van der Waals surface area contributed by atoms with Gasteiger partial charge in [-0.1, -0.05) is 0 Å². The van der Waals surface area contributed by atoms with Gasteiger partial charge in [-0.2, -0.15) is 0 Å². The fourth-order valence-corrected chi connectivity index (χ4v) is 3.71. The van der Waals surface area contributed by atoms with Crippen molar-refractivity contribution < 1.29 is 9.18 Å². The number of H-pyrrole nitrogens is 1. The standard InChI is InChI=1S/C21H22FN5O2/c1-13-17(14(2)27-19(24-13)12-21(29)25-27)5-6-20(28)23-8-10-26-9-7-15-3-4-16(22)11-18(15)26/h3-4,7,9,11-12H,5-6,8,10H2,1-2H3,(H,23,28)(H,25,29). The third-order valence-electron chi connectivity index (χ3n) is 5.22. The Hall–Kier alpha value is -3.42. The molecule has 1 aromatic carbocycles. The predicted octanol–water partition coefficient (Wildman–Crippen LogP) is 2.48. The molecule has 4 rings (SSSR count). The molecule has 0 saturated heterocycles. The molecule has 150 valence electrons. The van der Waals surface area contributed by atoms with Gasteiger partial charge in [0.1, 0.15) is 5.82 Å². The Bertz CT molecular complexity index is 1270. The van der Waals surface area contributed by atoms with Crippen molar-refractivity contribution in [3.05, 3.63) is 69.7 Å². The number of amides is 1. The van der Waals surface area contributed by atoms with Gasteiger partial charge in [-0.25, -0.2) is 13.9 Å². The highest BCUT2D eigenvalue weighted by atomic mass is 19.1. The minimum absolute atomic E-state index is 0.0625. The molecule has 0 aliphatic carbocycles. The van der Waals surface area contributed by atoms with E-state index < -0.39 is 0 Å². The summed E-state index contributed by atoms with van der Waals surface area (Å²) in [6.45, 7) is 4.81. The number of aryl methyl sites for hydroxylation is 2. The summed E-state index contributed by atoms with van der Waals surface area (Å²) in [5, 5.41) is 6.60. The number of aromatic nitrogens is 4. The second-order valence-corrected chi connectivity index (χ2v) is 7.14. The van der Waals surface area contributed by atoms with Crippen molar-refractivity contribution in [3.63, 3.8) is 0 Å². The fourth-order valence-electron chi connectivity index (χ4n) is 3.71. The van der Waals surface area contributed by atoms with Gasteiger partial charge in [-0.05, 0) is 55.5 Å². The molecule has 8 heteroatoms. The van der Waals surface area contributed by atoms with Gasteiger partial charge in [0.05, 0.1) is 5.52 Å². The molecule has 0 bridgehead atoms. The molecule has 29 heavy (non-hydrogen) atoms. The number of rotatable bonds is 6. The van der Waals surface area contributed by atoms with Crippen molar-refractivity contribution in [1.82, 2.24) is 24.5 Å². The number of aromatic amines is 1. The van der Waals surface area contributed by atoms with E-state index in [-0.39, 0.29) is 17.3 Å². The maximum Gasteiger partial charge on any atom is 0.266 e. The van der Waals surface area contributed by atoms with Crippen molar-refractivity contribution >= 4 is 22.5 Å². The van der Waals surface area contributed by atoms with E-state index in [0.29, 0.717) is 31.6 Å². The average Bonchev–Trinajstić information content (AvgIpc) is 3.24. The SMILES string of the molecule is Cc1nc2cc(=O)[nH]n2c(C)c1CCC(=O)NCCn1ccc2ccc(F)cc21. The highest BCUT2D eigenvalue weighted by Gasteiger charge is 2.12. The number of nitrogens with one attached hydrogen (secondary N) is 2. The van der Waals surface area contributed by atoms with Crippen LogP contribution in [0.3, 0.4) is 0 Å². The first kappa shape index (κ1) is 18.9.